The maximum Gasteiger partial charge on any atom is 0.0503 e. The Morgan fingerprint density at radius 2 is 2.00 bits per heavy atom. The molecule has 0 aliphatic rings. The fourth-order valence-electron chi connectivity index (χ4n) is 0.192. The molecule has 2 heteroatoms. The van der Waals surface area contributed by atoms with E-state index in [0.717, 1.165) is 0 Å². The Morgan fingerprint density at radius 1 is 1.50 bits per heavy atom. The zero-order chi connectivity index (χ0) is 4.99. The molecule has 0 fully saturated rings. The van der Waals surface area contributed by atoms with Gasteiger partial charge in [-0.15, -0.1) is 0 Å². The molecule has 0 spiro atoms. The van der Waals surface area contributed by atoms with Crippen LogP contribution in [0.1, 0.15) is 13.8 Å². The van der Waals surface area contributed by atoms with Crippen molar-refractivity contribution in [2.75, 3.05) is 7.11 Å². The highest BCUT2D eigenvalue weighted by atomic mass is 32.2. The van der Waals surface area contributed by atoms with E-state index in [1.165, 1.54) is 12.0 Å². The minimum Gasteiger partial charge on any atom is -0.318 e. The molecule has 1 nitrogen and oxygen atoms in total. The first kappa shape index (κ1) is 6.31. The molecule has 0 bridgehead atoms. The van der Waals surface area contributed by atoms with Gasteiger partial charge in [0.25, 0.3) is 0 Å². The van der Waals surface area contributed by atoms with Crippen LogP contribution in [0.4, 0.5) is 0 Å². The van der Waals surface area contributed by atoms with E-state index in [1.807, 2.05) is 0 Å². The van der Waals surface area contributed by atoms with Gasteiger partial charge < -0.3 is 4.18 Å². The van der Waals surface area contributed by atoms with Crippen LogP contribution in [0, 0.1) is 0 Å². The largest absolute Gasteiger partial charge is 0.318 e. The van der Waals surface area contributed by atoms with Crippen molar-refractivity contribution in [3.8, 4) is 0 Å². The molecule has 0 aliphatic carbocycles. The van der Waals surface area contributed by atoms with Crippen LogP contribution in [-0.4, -0.2) is 12.4 Å². The van der Waals surface area contributed by atoms with E-state index < -0.39 is 0 Å². The van der Waals surface area contributed by atoms with Crippen LogP contribution in [0.5, 0.6) is 0 Å². The minimum absolute atomic E-state index is 0.593. The molecular weight excluding hydrogens is 96.1 g/mol. The summed E-state index contributed by atoms with van der Waals surface area (Å²) < 4.78 is 4.72. The second-order valence-electron chi connectivity index (χ2n) is 1.31. The lowest BCUT2D eigenvalue weighted by molar-refractivity contribution is 0.486. The van der Waals surface area contributed by atoms with E-state index in [9.17, 15) is 0 Å². The van der Waals surface area contributed by atoms with Crippen molar-refractivity contribution in [3.63, 3.8) is 0 Å². The van der Waals surface area contributed by atoms with Gasteiger partial charge in [-0.3, -0.25) is 0 Å². The summed E-state index contributed by atoms with van der Waals surface area (Å²) >= 11 is 1.49. The monoisotopic (exact) mass is 106 g/mol. The number of hydrogen-bond donors (Lipinski definition) is 0. The van der Waals surface area contributed by atoms with Crippen LogP contribution < -0.4 is 0 Å². The zero-order valence-corrected chi connectivity index (χ0v) is 5.21. The van der Waals surface area contributed by atoms with Crippen molar-refractivity contribution in [2.45, 2.75) is 19.1 Å². The van der Waals surface area contributed by atoms with Crippen LogP contribution in [0.15, 0.2) is 0 Å². The predicted molar refractivity (Wildman–Crippen MR) is 29.7 cm³/mol. The summed E-state index contributed by atoms with van der Waals surface area (Å²) in [6.45, 7) is 4.18. The van der Waals surface area contributed by atoms with Gasteiger partial charge in [-0.1, -0.05) is 13.8 Å². The average Bonchev–Trinajstić information content (AvgIpc) is 1.35. The van der Waals surface area contributed by atoms with Gasteiger partial charge in [0.2, 0.25) is 0 Å². The van der Waals surface area contributed by atoms with Crippen LogP contribution in [-0.2, 0) is 4.18 Å². The van der Waals surface area contributed by atoms with Crippen LogP contribution >= 0.6 is 12.0 Å². The molecule has 0 radical (unpaired) electrons. The topological polar surface area (TPSA) is 9.23 Å². The Hall–Kier alpha value is 0.310. The molecule has 6 heavy (non-hydrogen) atoms. The van der Waals surface area contributed by atoms with Crippen LogP contribution in [0.2, 0.25) is 0 Å². The molecule has 0 aliphatic heterocycles. The summed E-state index contributed by atoms with van der Waals surface area (Å²) in [5.74, 6) is 0. The van der Waals surface area contributed by atoms with Crippen molar-refractivity contribution in [3.05, 3.63) is 0 Å². The Kier molecular flexibility index (Phi) is 3.68. The van der Waals surface area contributed by atoms with E-state index >= 15 is 0 Å². The highest BCUT2D eigenvalue weighted by Crippen LogP contribution is 2.06. The molecule has 0 heterocycles. The van der Waals surface area contributed by atoms with Crippen molar-refractivity contribution in [2.24, 2.45) is 0 Å². The van der Waals surface area contributed by atoms with E-state index in [2.05, 4.69) is 13.8 Å². The van der Waals surface area contributed by atoms with Crippen LogP contribution in [0.3, 0.4) is 0 Å². The van der Waals surface area contributed by atoms with Crippen molar-refractivity contribution in [1.29, 1.82) is 0 Å². The molecule has 0 aromatic heterocycles. The van der Waals surface area contributed by atoms with Crippen molar-refractivity contribution in [1.82, 2.24) is 0 Å². The Bertz CT molecular complexity index is 28.7. The summed E-state index contributed by atoms with van der Waals surface area (Å²) in [6, 6.07) is 0. The first-order valence-corrected chi connectivity index (χ1v) is 2.77. The molecule has 0 saturated carbocycles. The summed E-state index contributed by atoms with van der Waals surface area (Å²) in [6.07, 6.45) is 0. The molecule has 0 atom stereocenters. The summed E-state index contributed by atoms with van der Waals surface area (Å²) in [5.41, 5.74) is 0. The lowest BCUT2D eigenvalue weighted by atomic mass is 10.6. The Labute approximate surface area is 43.3 Å². The molecule has 0 aromatic carbocycles. The lowest BCUT2D eigenvalue weighted by Crippen LogP contribution is -1.83. The maximum atomic E-state index is 4.72. The second-order valence-corrected chi connectivity index (χ2v) is 2.78. The Balaban J connectivity index is 2.63. The van der Waals surface area contributed by atoms with Gasteiger partial charge in [0.15, 0.2) is 0 Å². The highest BCUT2D eigenvalue weighted by Gasteiger charge is 1.87. The van der Waals surface area contributed by atoms with E-state index in [-0.39, 0.29) is 0 Å². The third-order valence-corrected chi connectivity index (χ3v) is 0.866. The maximum absolute atomic E-state index is 4.72. The second kappa shape index (κ2) is 3.50. The highest BCUT2D eigenvalue weighted by molar-refractivity contribution is 7.95. The normalized spacial score (nSPS) is 10.0. The first-order chi connectivity index (χ1) is 2.77. The molecule has 0 rings (SSSR count). The average molecular weight is 106 g/mol. The minimum atomic E-state index is 0.593. The Morgan fingerprint density at radius 3 is 2.00 bits per heavy atom. The van der Waals surface area contributed by atoms with Crippen LogP contribution in [0.25, 0.3) is 0 Å². The predicted octanol–water partition coefficient (Wildman–Crippen LogP) is 1.69. The van der Waals surface area contributed by atoms with Gasteiger partial charge in [-0.05, 0) is 12.0 Å². The molecular formula is C4H10OS. The van der Waals surface area contributed by atoms with Crippen molar-refractivity contribution < 1.29 is 4.18 Å². The smallest absolute Gasteiger partial charge is 0.0503 e. The summed E-state index contributed by atoms with van der Waals surface area (Å²) in [4.78, 5) is 0. The van der Waals surface area contributed by atoms with Gasteiger partial charge >= 0.3 is 0 Å². The quantitative estimate of drug-likeness (QED) is 0.495. The SMILES string of the molecule is COSC(C)C. The van der Waals surface area contributed by atoms with Gasteiger partial charge in [-0.2, -0.15) is 0 Å². The zero-order valence-electron chi connectivity index (χ0n) is 4.39. The van der Waals surface area contributed by atoms with Gasteiger partial charge in [-0.25, -0.2) is 0 Å². The number of rotatable bonds is 2. The molecule has 38 valence electrons. The fourth-order valence-corrected chi connectivity index (χ4v) is 0.577. The molecule has 0 amide bonds. The van der Waals surface area contributed by atoms with Gasteiger partial charge in [0, 0.05) is 5.25 Å². The van der Waals surface area contributed by atoms with E-state index in [1.54, 1.807) is 7.11 Å². The van der Waals surface area contributed by atoms with Gasteiger partial charge in [0.1, 0.15) is 0 Å². The molecule has 0 aromatic rings. The standard InChI is InChI=1S/C4H10OS/c1-4(2)6-5-3/h4H,1-3H3. The lowest BCUT2D eigenvalue weighted by Gasteiger charge is -1.96. The summed E-state index contributed by atoms with van der Waals surface area (Å²) in [7, 11) is 1.69. The van der Waals surface area contributed by atoms with E-state index in [0.29, 0.717) is 5.25 Å². The summed E-state index contributed by atoms with van der Waals surface area (Å²) in [5, 5.41) is 0.593. The molecule has 0 unspecified atom stereocenters. The third kappa shape index (κ3) is 4.31. The molecule has 0 saturated heterocycles. The molecule has 0 N–H and O–H groups in total. The first-order valence-electron chi connectivity index (χ1n) is 1.97. The van der Waals surface area contributed by atoms with Crippen molar-refractivity contribution >= 4 is 12.0 Å². The third-order valence-electron chi connectivity index (χ3n) is 0.289. The fraction of sp³-hybridized carbons (Fsp3) is 1.00. The van der Waals surface area contributed by atoms with E-state index in [4.69, 9.17) is 4.18 Å². The van der Waals surface area contributed by atoms with Gasteiger partial charge in [0.05, 0.1) is 7.11 Å². The number of hydrogen-bond acceptors (Lipinski definition) is 2.